The summed E-state index contributed by atoms with van der Waals surface area (Å²) in [6.07, 6.45) is 0. The molecule has 0 bridgehead atoms. The Hall–Kier alpha value is -4.26. The Balaban J connectivity index is 1.61. The van der Waals surface area contributed by atoms with E-state index in [1.54, 1.807) is 0 Å². The van der Waals surface area contributed by atoms with Crippen LogP contribution < -0.4 is 16.4 Å². The third kappa shape index (κ3) is 2.01. The maximum Gasteiger partial charge on any atom is 0.256 e. The first-order chi connectivity index (χ1) is 16.2. The van der Waals surface area contributed by atoms with Gasteiger partial charge in [0.25, 0.3) is 6.71 Å². The fourth-order valence-electron chi connectivity index (χ4n) is 5.68. The number of nitrogens with zero attached hydrogens (tertiary/aromatic N) is 6. The van der Waals surface area contributed by atoms with Crippen molar-refractivity contribution >= 4 is 44.9 Å². The number of para-hydroxylation sites is 2. The quantitative estimate of drug-likeness (QED) is 0.380. The largest absolute Gasteiger partial charge is 0.256 e. The average molecular weight is 424 g/mol. The van der Waals surface area contributed by atoms with Crippen LogP contribution in [0.15, 0.2) is 66.7 Å². The molecule has 5 heterocycles. The molecular formula is C26H17BN6. The molecule has 6 aromatic rings. The first kappa shape index (κ1) is 17.3. The SMILES string of the molecule is Cc1nn2c3c(cccc13)B1c3c-2nc(-c2ccccc2)nc3-n2nc(C)c3cccc1c32. The first-order valence-electron chi connectivity index (χ1n) is 11.2. The van der Waals surface area contributed by atoms with Crippen molar-refractivity contribution in [1.29, 1.82) is 0 Å². The van der Waals surface area contributed by atoms with E-state index in [0.29, 0.717) is 5.82 Å². The highest BCUT2D eigenvalue weighted by Crippen LogP contribution is 2.30. The van der Waals surface area contributed by atoms with Gasteiger partial charge in [-0.15, -0.1) is 0 Å². The van der Waals surface area contributed by atoms with E-state index in [1.807, 2.05) is 39.7 Å². The van der Waals surface area contributed by atoms with E-state index in [2.05, 4.69) is 50.2 Å². The van der Waals surface area contributed by atoms with E-state index in [9.17, 15) is 0 Å². The van der Waals surface area contributed by atoms with Crippen LogP contribution in [-0.4, -0.2) is 36.2 Å². The summed E-state index contributed by atoms with van der Waals surface area (Å²) in [7, 11) is 0. The highest BCUT2D eigenvalue weighted by molar-refractivity contribution is 7.00. The Labute approximate surface area is 189 Å². The fourth-order valence-corrected chi connectivity index (χ4v) is 5.68. The van der Waals surface area contributed by atoms with Gasteiger partial charge in [-0.1, -0.05) is 66.7 Å². The minimum Gasteiger partial charge on any atom is -0.215 e. The second-order valence-electron chi connectivity index (χ2n) is 8.89. The Kier molecular flexibility index (Phi) is 3.02. The van der Waals surface area contributed by atoms with Crippen molar-refractivity contribution < 1.29 is 0 Å². The van der Waals surface area contributed by atoms with Crippen molar-refractivity contribution in [2.75, 3.05) is 0 Å². The van der Waals surface area contributed by atoms with Gasteiger partial charge < -0.3 is 0 Å². The van der Waals surface area contributed by atoms with Gasteiger partial charge in [-0.3, -0.25) is 0 Å². The van der Waals surface area contributed by atoms with E-state index in [4.69, 9.17) is 20.2 Å². The lowest BCUT2D eigenvalue weighted by Crippen LogP contribution is -2.60. The molecule has 0 atom stereocenters. The second-order valence-corrected chi connectivity index (χ2v) is 8.89. The third-order valence-corrected chi connectivity index (χ3v) is 7.09. The summed E-state index contributed by atoms with van der Waals surface area (Å²) in [4.78, 5) is 10.2. The number of benzene rings is 3. The molecule has 8 rings (SSSR count). The van der Waals surface area contributed by atoms with Crippen molar-refractivity contribution in [3.63, 3.8) is 0 Å². The Bertz CT molecular complexity index is 1690. The Morgan fingerprint density at radius 1 is 0.636 bits per heavy atom. The van der Waals surface area contributed by atoms with Crippen molar-refractivity contribution in [3.05, 3.63) is 78.1 Å². The van der Waals surface area contributed by atoms with Crippen LogP contribution >= 0.6 is 0 Å². The number of fused-ring (bicyclic) bond motifs is 4. The molecule has 3 aromatic heterocycles. The van der Waals surface area contributed by atoms with Gasteiger partial charge in [0, 0.05) is 21.8 Å². The van der Waals surface area contributed by atoms with Crippen molar-refractivity contribution in [2.24, 2.45) is 0 Å². The summed E-state index contributed by atoms with van der Waals surface area (Å²) in [5.74, 6) is 2.37. The predicted octanol–water partition coefficient (Wildman–Crippen LogP) is 2.58. The lowest BCUT2D eigenvalue weighted by molar-refractivity contribution is 0.824. The van der Waals surface area contributed by atoms with Crippen LogP contribution in [0.4, 0.5) is 0 Å². The van der Waals surface area contributed by atoms with Gasteiger partial charge in [-0.05, 0) is 24.8 Å². The van der Waals surface area contributed by atoms with Crippen LogP contribution in [0.1, 0.15) is 11.4 Å². The number of hydrogen-bond acceptors (Lipinski definition) is 4. The van der Waals surface area contributed by atoms with Crippen molar-refractivity contribution in [2.45, 2.75) is 13.8 Å². The van der Waals surface area contributed by atoms with Gasteiger partial charge in [0.15, 0.2) is 17.5 Å². The minimum atomic E-state index is 0.0411. The van der Waals surface area contributed by atoms with Crippen LogP contribution in [0.2, 0.25) is 0 Å². The second kappa shape index (κ2) is 5.75. The third-order valence-electron chi connectivity index (χ3n) is 7.09. The molecule has 6 nitrogen and oxygen atoms in total. The molecule has 0 saturated heterocycles. The van der Waals surface area contributed by atoms with E-state index in [-0.39, 0.29) is 6.71 Å². The van der Waals surface area contributed by atoms with E-state index in [0.717, 1.165) is 45.1 Å². The van der Waals surface area contributed by atoms with Gasteiger partial charge in [0.05, 0.1) is 22.4 Å². The summed E-state index contributed by atoms with van der Waals surface area (Å²) >= 11 is 0. The zero-order chi connectivity index (χ0) is 21.8. The molecule has 0 spiro atoms. The molecule has 2 aliphatic heterocycles. The molecule has 33 heavy (non-hydrogen) atoms. The molecule has 3 aromatic carbocycles. The number of aryl methyl sites for hydroxylation is 2. The summed E-state index contributed by atoms with van der Waals surface area (Å²) in [5, 5.41) is 12.2. The first-order valence-corrected chi connectivity index (χ1v) is 11.2. The van der Waals surface area contributed by atoms with Crippen LogP contribution in [0, 0.1) is 13.8 Å². The maximum atomic E-state index is 5.11. The summed E-state index contributed by atoms with van der Waals surface area (Å²) in [6, 6.07) is 23.2. The minimum absolute atomic E-state index is 0.0411. The number of aromatic nitrogens is 6. The zero-order valence-corrected chi connectivity index (χ0v) is 18.1. The highest BCUT2D eigenvalue weighted by Gasteiger charge is 2.42. The Morgan fingerprint density at radius 3 is 1.73 bits per heavy atom. The maximum absolute atomic E-state index is 5.11. The van der Waals surface area contributed by atoms with E-state index < -0.39 is 0 Å². The fraction of sp³-hybridized carbons (Fsp3) is 0.0769. The molecule has 0 N–H and O–H groups in total. The molecule has 0 aliphatic carbocycles. The van der Waals surface area contributed by atoms with Gasteiger partial charge in [0.2, 0.25) is 0 Å². The molecule has 0 amide bonds. The normalized spacial score (nSPS) is 13.1. The van der Waals surface area contributed by atoms with Crippen LogP contribution in [0.25, 0.3) is 44.8 Å². The van der Waals surface area contributed by atoms with Crippen molar-refractivity contribution in [3.8, 4) is 23.0 Å². The smallest absolute Gasteiger partial charge is 0.215 e. The molecule has 154 valence electrons. The predicted molar refractivity (Wildman–Crippen MR) is 131 cm³/mol. The average Bonchev–Trinajstić information content (AvgIpc) is 3.38. The lowest BCUT2D eigenvalue weighted by atomic mass is 9.35. The van der Waals surface area contributed by atoms with Gasteiger partial charge in [-0.2, -0.15) is 10.2 Å². The molecule has 0 radical (unpaired) electrons. The summed E-state index contributed by atoms with van der Waals surface area (Å²) in [6.45, 7) is 4.18. The summed E-state index contributed by atoms with van der Waals surface area (Å²) < 4.78 is 4.04. The van der Waals surface area contributed by atoms with Crippen LogP contribution in [-0.2, 0) is 0 Å². The van der Waals surface area contributed by atoms with Gasteiger partial charge >= 0.3 is 0 Å². The van der Waals surface area contributed by atoms with Gasteiger partial charge in [0.1, 0.15) is 0 Å². The monoisotopic (exact) mass is 424 g/mol. The molecule has 0 saturated carbocycles. The molecular weight excluding hydrogens is 407 g/mol. The molecule has 2 aliphatic rings. The molecule has 0 unspecified atom stereocenters. The van der Waals surface area contributed by atoms with E-state index >= 15 is 0 Å². The van der Waals surface area contributed by atoms with E-state index in [1.165, 1.54) is 21.7 Å². The standard InChI is InChI=1S/C26H17BN6/c1-14-17-10-6-12-19-22(17)32(30-14)25-21-26(29-24(28-25)16-8-4-3-5-9-16)33-23-18(15(2)31-33)11-7-13-20(23)27(19)21/h3-13H,1-2H3. The highest BCUT2D eigenvalue weighted by atomic mass is 15.4. The number of hydrogen-bond donors (Lipinski definition) is 0. The molecule has 7 heteroatoms. The number of rotatable bonds is 1. The van der Waals surface area contributed by atoms with Crippen LogP contribution in [0.3, 0.4) is 0 Å². The van der Waals surface area contributed by atoms with Gasteiger partial charge in [-0.25, -0.2) is 19.3 Å². The van der Waals surface area contributed by atoms with Crippen LogP contribution in [0.5, 0.6) is 0 Å². The Morgan fingerprint density at radius 2 is 1.18 bits per heavy atom. The molecule has 0 fully saturated rings. The lowest BCUT2D eigenvalue weighted by Gasteiger charge is -2.30. The van der Waals surface area contributed by atoms with Crippen molar-refractivity contribution in [1.82, 2.24) is 29.5 Å². The summed E-state index contributed by atoms with van der Waals surface area (Å²) in [5.41, 5.74) is 8.82. The topological polar surface area (TPSA) is 61.4 Å². The zero-order valence-electron chi connectivity index (χ0n) is 18.1.